The highest BCUT2D eigenvalue weighted by atomic mass is 16.5. The highest BCUT2D eigenvalue weighted by molar-refractivity contribution is 4.71. The summed E-state index contributed by atoms with van der Waals surface area (Å²) in [6.45, 7) is 2.28. The summed E-state index contributed by atoms with van der Waals surface area (Å²) in [6, 6.07) is 0. The molecule has 1 rings (SSSR count). The summed E-state index contributed by atoms with van der Waals surface area (Å²) in [5.74, 6) is 0.943. The van der Waals surface area contributed by atoms with Crippen LogP contribution in [0.4, 0.5) is 0 Å². The third-order valence-electron chi connectivity index (χ3n) is 2.65. The number of hydrogen-bond donors (Lipinski definition) is 0. The van der Waals surface area contributed by atoms with E-state index < -0.39 is 0 Å². The maximum atomic E-state index is 5.32. The number of rotatable bonds is 2. The maximum Gasteiger partial charge on any atom is 0.0574 e. The van der Waals surface area contributed by atoms with Crippen molar-refractivity contribution in [2.24, 2.45) is 5.92 Å². The van der Waals surface area contributed by atoms with Crippen LogP contribution in [0.25, 0.3) is 0 Å². The Bertz CT molecular complexity index is 80.7. The molecule has 1 aliphatic rings. The van der Waals surface area contributed by atoms with Gasteiger partial charge in [0.1, 0.15) is 0 Å². The predicted molar refractivity (Wildman–Crippen MR) is 43.0 cm³/mol. The largest absolute Gasteiger partial charge is 0.381 e. The third kappa shape index (κ3) is 1.98. The summed E-state index contributed by atoms with van der Waals surface area (Å²) >= 11 is 0. The molecule has 0 amide bonds. The van der Waals surface area contributed by atoms with E-state index in [1.807, 2.05) is 7.11 Å². The van der Waals surface area contributed by atoms with E-state index in [2.05, 4.69) is 6.92 Å². The van der Waals surface area contributed by atoms with E-state index in [9.17, 15) is 0 Å². The zero-order chi connectivity index (χ0) is 7.40. The molecule has 1 aliphatic carbocycles. The van der Waals surface area contributed by atoms with E-state index in [4.69, 9.17) is 4.74 Å². The number of methoxy groups -OCH3 is 1. The molecule has 2 atom stereocenters. The van der Waals surface area contributed by atoms with Gasteiger partial charge < -0.3 is 4.74 Å². The molecular formula is C9H18O. The van der Waals surface area contributed by atoms with Crippen molar-refractivity contribution < 1.29 is 4.74 Å². The van der Waals surface area contributed by atoms with Crippen molar-refractivity contribution in [1.29, 1.82) is 0 Å². The van der Waals surface area contributed by atoms with Crippen LogP contribution < -0.4 is 0 Å². The van der Waals surface area contributed by atoms with Crippen LogP contribution in [-0.4, -0.2) is 13.2 Å². The van der Waals surface area contributed by atoms with Crippen LogP contribution in [0.3, 0.4) is 0 Å². The van der Waals surface area contributed by atoms with Crippen molar-refractivity contribution in [3.8, 4) is 0 Å². The minimum absolute atomic E-state index is 0.568. The molecule has 1 saturated carbocycles. The van der Waals surface area contributed by atoms with Gasteiger partial charge in [-0.15, -0.1) is 0 Å². The Morgan fingerprint density at radius 3 is 2.80 bits per heavy atom. The van der Waals surface area contributed by atoms with Crippen LogP contribution >= 0.6 is 0 Å². The molecule has 0 radical (unpaired) electrons. The van der Waals surface area contributed by atoms with E-state index in [0.29, 0.717) is 6.10 Å². The molecule has 0 spiro atoms. The lowest BCUT2D eigenvalue weighted by molar-refractivity contribution is 0.0500. The fourth-order valence-electron chi connectivity index (χ4n) is 1.83. The minimum Gasteiger partial charge on any atom is -0.381 e. The fourth-order valence-corrected chi connectivity index (χ4v) is 1.83. The monoisotopic (exact) mass is 142 g/mol. The molecule has 0 aromatic heterocycles. The Kier molecular flexibility index (Phi) is 3.20. The number of hydrogen-bond acceptors (Lipinski definition) is 1. The molecule has 1 nitrogen and oxygen atoms in total. The molecule has 0 unspecified atom stereocenters. The van der Waals surface area contributed by atoms with Crippen LogP contribution in [0.2, 0.25) is 0 Å². The fraction of sp³-hybridized carbons (Fsp3) is 1.00. The molecule has 1 heteroatoms. The standard InChI is InChI=1S/C9H18O/c1-3-8-5-4-6-9(7-8)10-2/h8-9H,3-7H2,1-2H3/t8-,9+/m0/s1. The molecule has 10 heavy (non-hydrogen) atoms. The first-order valence-electron chi connectivity index (χ1n) is 4.39. The van der Waals surface area contributed by atoms with Gasteiger partial charge in [0.25, 0.3) is 0 Å². The molecule has 0 aromatic carbocycles. The van der Waals surface area contributed by atoms with E-state index in [1.165, 1.54) is 32.1 Å². The van der Waals surface area contributed by atoms with Crippen molar-refractivity contribution in [2.45, 2.75) is 45.1 Å². The van der Waals surface area contributed by atoms with Gasteiger partial charge in [-0.05, 0) is 18.8 Å². The molecule has 0 bridgehead atoms. The summed E-state index contributed by atoms with van der Waals surface area (Å²) < 4.78 is 5.32. The van der Waals surface area contributed by atoms with Gasteiger partial charge in [-0.1, -0.05) is 26.2 Å². The van der Waals surface area contributed by atoms with Crippen LogP contribution in [0.1, 0.15) is 39.0 Å². The lowest BCUT2D eigenvalue weighted by Gasteiger charge is -2.27. The molecule has 0 aromatic rings. The molecule has 0 saturated heterocycles. The summed E-state index contributed by atoms with van der Waals surface area (Å²) in [5, 5.41) is 0. The lowest BCUT2D eigenvalue weighted by atomic mass is 9.86. The summed E-state index contributed by atoms with van der Waals surface area (Å²) in [6.07, 6.45) is 7.28. The van der Waals surface area contributed by atoms with E-state index >= 15 is 0 Å². The predicted octanol–water partition coefficient (Wildman–Crippen LogP) is 2.60. The molecule has 60 valence electrons. The van der Waals surface area contributed by atoms with Crippen molar-refractivity contribution in [2.75, 3.05) is 7.11 Å². The van der Waals surface area contributed by atoms with Gasteiger partial charge in [-0.25, -0.2) is 0 Å². The first-order valence-corrected chi connectivity index (χ1v) is 4.39. The van der Waals surface area contributed by atoms with Crippen molar-refractivity contribution in [3.05, 3.63) is 0 Å². The Labute approximate surface area is 63.8 Å². The van der Waals surface area contributed by atoms with Gasteiger partial charge in [-0.3, -0.25) is 0 Å². The summed E-state index contributed by atoms with van der Waals surface area (Å²) in [5.41, 5.74) is 0. The Balaban J connectivity index is 2.25. The van der Waals surface area contributed by atoms with Gasteiger partial charge >= 0.3 is 0 Å². The minimum atomic E-state index is 0.568. The van der Waals surface area contributed by atoms with Crippen LogP contribution in [0.5, 0.6) is 0 Å². The second-order valence-electron chi connectivity index (χ2n) is 3.30. The van der Waals surface area contributed by atoms with E-state index in [0.717, 1.165) is 5.92 Å². The van der Waals surface area contributed by atoms with Gasteiger partial charge in [0, 0.05) is 7.11 Å². The van der Waals surface area contributed by atoms with Gasteiger partial charge in [-0.2, -0.15) is 0 Å². The van der Waals surface area contributed by atoms with Crippen molar-refractivity contribution in [1.82, 2.24) is 0 Å². The van der Waals surface area contributed by atoms with Crippen LogP contribution in [0.15, 0.2) is 0 Å². The average molecular weight is 142 g/mol. The second kappa shape index (κ2) is 3.97. The number of ether oxygens (including phenoxy) is 1. The van der Waals surface area contributed by atoms with Gasteiger partial charge in [0.2, 0.25) is 0 Å². The molecular weight excluding hydrogens is 124 g/mol. The quantitative estimate of drug-likeness (QED) is 0.576. The molecule has 0 heterocycles. The topological polar surface area (TPSA) is 9.23 Å². The van der Waals surface area contributed by atoms with Crippen molar-refractivity contribution in [3.63, 3.8) is 0 Å². The Hall–Kier alpha value is -0.0400. The van der Waals surface area contributed by atoms with Crippen LogP contribution in [0, 0.1) is 5.92 Å². The molecule has 0 aliphatic heterocycles. The van der Waals surface area contributed by atoms with Crippen molar-refractivity contribution >= 4 is 0 Å². The highest BCUT2D eigenvalue weighted by Gasteiger charge is 2.19. The second-order valence-corrected chi connectivity index (χ2v) is 3.30. The lowest BCUT2D eigenvalue weighted by Crippen LogP contribution is -2.20. The van der Waals surface area contributed by atoms with Gasteiger partial charge in [0.05, 0.1) is 6.10 Å². The summed E-state index contributed by atoms with van der Waals surface area (Å²) in [4.78, 5) is 0. The van der Waals surface area contributed by atoms with E-state index in [1.54, 1.807) is 0 Å². The average Bonchev–Trinajstić information content (AvgIpc) is 2.05. The third-order valence-corrected chi connectivity index (χ3v) is 2.65. The van der Waals surface area contributed by atoms with E-state index in [-0.39, 0.29) is 0 Å². The van der Waals surface area contributed by atoms with Crippen LogP contribution in [-0.2, 0) is 4.74 Å². The maximum absolute atomic E-state index is 5.32. The van der Waals surface area contributed by atoms with Gasteiger partial charge in [0.15, 0.2) is 0 Å². The normalized spacial score (nSPS) is 34.2. The highest BCUT2D eigenvalue weighted by Crippen LogP contribution is 2.27. The smallest absolute Gasteiger partial charge is 0.0574 e. The zero-order valence-corrected chi connectivity index (χ0v) is 7.10. The molecule has 1 fully saturated rings. The Morgan fingerprint density at radius 1 is 1.40 bits per heavy atom. The SMILES string of the molecule is CC[C@H]1CCC[C@@H](OC)C1. The first kappa shape index (κ1) is 8.06. The Morgan fingerprint density at radius 2 is 2.20 bits per heavy atom. The summed E-state index contributed by atoms with van der Waals surface area (Å²) in [7, 11) is 1.84. The zero-order valence-electron chi connectivity index (χ0n) is 7.10. The first-order chi connectivity index (χ1) is 4.86. The molecule has 0 N–H and O–H groups in total.